The van der Waals surface area contributed by atoms with Crippen molar-refractivity contribution in [3.63, 3.8) is 0 Å². The van der Waals surface area contributed by atoms with Gasteiger partial charge in [-0.15, -0.1) is 0 Å². The van der Waals surface area contributed by atoms with Gasteiger partial charge in [0.25, 0.3) is 0 Å². The molecule has 1 aliphatic rings. The van der Waals surface area contributed by atoms with Crippen molar-refractivity contribution in [3.05, 3.63) is 156 Å². The molecule has 52 heavy (non-hydrogen) atoms. The summed E-state index contributed by atoms with van der Waals surface area (Å²) >= 11 is 1.23. The number of carbonyl (C=O) groups excluding carboxylic acids is 4. The van der Waals surface area contributed by atoms with E-state index in [1.54, 1.807) is 119 Å². The second-order valence-corrected chi connectivity index (χ2v) is 13.3. The number of aryl methyl sites for hydroxylation is 2. The number of ether oxygens (including phenoxy) is 5. The van der Waals surface area contributed by atoms with Crippen molar-refractivity contribution in [1.29, 1.82) is 0 Å². The van der Waals surface area contributed by atoms with Crippen LogP contribution in [-0.4, -0.2) is 64.9 Å². The molecular weight excluding hydrogens is 685 g/mol. The standard InChI is InChI=1S/C40H37N2O9S/c1-27-18-20-31(21-19-27)52-40-36(51-39(46)30-16-10-5-11-17-30)35(50-38(45)29-14-8-4-9-15-29)34(49-37(44)28-12-6-3-7-13-28)32(48-40)25-47-33(43)24-42-23-22-41(2)26-42/h3-23,26,32,34-36,40H,24-25H2,1-2H3/q+1/t32-,34-,35+,36+,40-/m1/s1. The lowest BCUT2D eigenvalue weighted by Crippen LogP contribution is -2.61. The van der Waals surface area contributed by atoms with Gasteiger partial charge in [-0.25, -0.2) is 28.3 Å². The van der Waals surface area contributed by atoms with Gasteiger partial charge in [0.05, 0.1) is 23.7 Å². The summed E-state index contributed by atoms with van der Waals surface area (Å²) in [5.74, 6) is -2.78. The van der Waals surface area contributed by atoms with Crippen LogP contribution in [0.25, 0.3) is 0 Å². The van der Waals surface area contributed by atoms with Gasteiger partial charge in [0, 0.05) is 4.90 Å². The van der Waals surface area contributed by atoms with Gasteiger partial charge in [-0.2, -0.15) is 0 Å². The number of esters is 4. The van der Waals surface area contributed by atoms with Gasteiger partial charge in [-0.1, -0.05) is 84.1 Å². The molecule has 1 aromatic heterocycles. The fourth-order valence-corrected chi connectivity index (χ4v) is 6.63. The number of thioether (sulfide) groups is 1. The lowest BCUT2D eigenvalue weighted by atomic mass is 9.98. The molecule has 4 aromatic carbocycles. The van der Waals surface area contributed by atoms with E-state index in [2.05, 4.69) is 0 Å². The summed E-state index contributed by atoms with van der Waals surface area (Å²) in [6.07, 6.45) is -0.0130. The number of rotatable bonds is 12. The first-order valence-corrected chi connectivity index (χ1v) is 17.4. The summed E-state index contributed by atoms with van der Waals surface area (Å²) in [7, 11) is 1.83. The molecule has 2 heterocycles. The number of hydrogen-bond donors (Lipinski definition) is 0. The molecule has 0 N–H and O–H groups in total. The van der Waals surface area contributed by atoms with Crippen molar-refractivity contribution in [2.75, 3.05) is 6.61 Å². The molecule has 1 saturated heterocycles. The SMILES string of the molecule is Cc1ccc(S[C@H]2O[C@H](COC(=O)Cn3cc[n+](C)c3)[C@@H](OC(=O)c3ccccc3)[C@H](OC(=O)c3ccccc3)[C@@H]2OC(=O)c2ccccc2)cc1. The Kier molecular flexibility index (Phi) is 11.8. The van der Waals surface area contributed by atoms with Crippen molar-refractivity contribution < 1.29 is 47.4 Å². The zero-order valence-electron chi connectivity index (χ0n) is 28.5. The quantitative estimate of drug-likeness (QED) is 0.0946. The fraction of sp³-hybridized carbons (Fsp3) is 0.225. The smallest absolute Gasteiger partial charge is 0.348 e. The third kappa shape index (κ3) is 9.33. The van der Waals surface area contributed by atoms with Gasteiger partial charge in [-0.05, 0) is 55.5 Å². The molecule has 12 heteroatoms. The zero-order chi connectivity index (χ0) is 36.5. The lowest BCUT2D eigenvalue weighted by molar-refractivity contribution is -0.671. The van der Waals surface area contributed by atoms with E-state index in [0.29, 0.717) is 0 Å². The molecule has 11 nitrogen and oxygen atoms in total. The van der Waals surface area contributed by atoms with Gasteiger partial charge in [0.1, 0.15) is 30.5 Å². The highest BCUT2D eigenvalue weighted by Gasteiger charge is 2.53. The van der Waals surface area contributed by atoms with E-state index >= 15 is 0 Å². The molecule has 0 amide bonds. The van der Waals surface area contributed by atoms with E-state index in [9.17, 15) is 19.2 Å². The van der Waals surface area contributed by atoms with E-state index in [0.717, 1.165) is 10.5 Å². The first-order chi connectivity index (χ1) is 25.2. The number of carbonyl (C=O) groups is 4. The Morgan fingerprint density at radius 2 is 1.19 bits per heavy atom. The van der Waals surface area contributed by atoms with Crippen LogP contribution < -0.4 is 4.57 Å². The van der Waals surface area contributed by atoms with Crippen LogP contribution in [0.2, 0.25) is 0 Å². The molecule has 6 rings (SSSR count). The first kappa shape index (κ1) is 36.1. The lowest BCUT2D eigenvalue weighted by Gasteiger charge is -2.44. The fourth-order valence-electron chi connectivity index (χ4n) is 5.52. The minimum atomic E-state index is -1.41. The summed E-state index contributed by atoms with van der Waals surface area (Å²) in [6.45, 7) is 1.49. The maximum Gasteiger partial charge on any atom is 0.348 e. The Bertz CT molecular complexity index is 1970. The van der Waals surface area contributed by atoms with Crippen LogP contribution in [0.3, 0.4) is 0 Å². The van der Waals surface area contributed by atoms with Crippen LogP contribution in [0.5, 0.6) is 0 Å². The summed E-state index contributed by atoms with van der Waals surface area (Å²) in [4.78, 5) is 54.9. The molecule has 5 aromatic rings. The van der Waals surface area contributed by atoms with Crippen LogP contribution in [0.4, 0.5) is 0 Å². The average Bonchev–Trinajstić information content (AvgIpc) is 3.58. The van der Waals surface area contributed by atoms with Crippen molar-refractivity contribution in [3.8, 4) is 0 Å². The highest BCUT2D eigenvalue weighted by Crippen LogP contribution is 2.38. The number of imidazole rings is 1. The topological polar surface area (TPSA) is 123 Å². The Balaban J connectivity index is 1.39. The van der Waals surface area contributed by atoms with Crippen LogP contribution in [0.15, 0.2) is 139 Å². The van der Waals surface area contributed by atoms with Crippen LogP contribution in [-0.2, 0) is 42.1 Å². The molecular formula is C40H37N2O9S+. The maximum absolute atomic E-state index is 13.8. The van der Waals surface area contributed by atoms with E-state index in [-0.39, 0.29) is 29.8 Å². The second kappa shape index (κ2) is 17.0. The van der Waals surface area contributed by atoms with E-state index < -0.39 is 53.7 Å². The van der Waals surface area contributed by atoms with Gasteiger partial charge in [-0.3, -0.25) is 0 Å². The zero-order valence-corrected chi connectivity index (χ0v) is 29.3. The second-order valence-electron chi connectivity index (χ2n) is 12.1. The number of hydrogen-bond acceptors (Lipinski definition) is 10. The monoisotopic (exact) mass is 721 g/mol. The molecule has 0 aliphatic carbocycles. The minimum Gasteiger partial charge on any atom is -0.460 e. The predicted molar refractivity (Wildman–Crippen MR) is 189 cm³/mol. The third-order valence-corrected chi connectivity index (χ3v) is 9.32. The molecule has 0 radical (unpaired) electrons. The predicted octanol–water partition coefficient (Wildman–Crippen LogP) is 5.36. The normalized spacial score (nSPS) is 19.6. The van der Waals surface area contributed by atoms with Gasteiger partial charge in [0.15, 0.2) is 24.9 Å². The number of benzene rings is 4. The molecule has 1 aliphatic heterocycles. The number of aromatic nitrogens is 2. The van der Waals surface area contributed by atoms with Gasteiger partial charge in [0.2, 0.25) is 6.33 Å². The third-order valence-electron chi connectivity index (χ3n) is 8.17. The molecule has 0 spiro atoms. The van der Waals surface area contributed by atoms with Crippen LogP contribution in [0, 0.1) is 6.92 Å². The minimum absolute atomic E-state index is 0.0900. The van der Waals surface area contributed by atoms with Crippen molar-refractivity contribution in [1.82, 2.24) is 4.57 Å². The van der Waals surface area contributed by atoms with E-state index in [1.807, 2.05) is 38.2 Å². The van der Waals surface area contributed by atoms with Gasteiger partial charge < -0.3 is 23.7 Å². The van der Waals surface area contributed by atoms with Gasteiger partial charge >= 0.3 is 23.9 Å². The van der Waals surface area contributed by atoms with E-state index in [1.165, 1.54) is 11.8 Å². The summed E-state index contributed by atoms with van der Waals surface area (Å²) in [5.41, 5.74) is 0.719. The molecule has 0 bridgehead atoms. The van der Waals surface area contributed by atoms with E-state index in [4.69, 9.17) is 23.7 Å². The maximum atomic E-state index is 13.8. The highest BCUT2D eigenvalue weighted by molar-refractivity contribution is 7.99. The summed E-state index contributed by atoms with van der Waals surface area (Å²) in [5, 5.41) is 0. The molecule has 266 valence electrons. The van der Waals surface area contributed by atoms with Crippen molar-refractivity contribution in [2.45, 2.75) is 48.2 Å². The molecule has 0 saturated carbocycles. The van der Waals surface area contributed by atoms with Crippen LogP contribution >= 0.6 is 11.8 Å². The van der Waals surface area contributed by atoms with Crippen molar-refractivity contribution in [2.24, 2.45) is 7.05 Å². The average molecular weight is 722 g/mol. The van der Waals surface area contributed by atoms with Crippen molar-refractivity contribution >= 4 is 35.6 Å². The summed E-state index contributed by atoms with van der Waals surface area (Å²) < 4.78 is 34.1. The molecule has 5 atom stereocenters. The molecule has 1 fully saturated rings. The Labute approximate surface area is 305 Å². The summed E-state index contributed by atoms with van der Waals surface area (Å²) in [6, 6.07) is 32.5. The largest absolute Gasteiger partial charge is 0.460 e. The Hall–Kier alpha value is -5.72. The Morgan fingerprint density at radius 3 is 1.69 bits per heavy atom. The van der Waals surface area contributed by atoms with Crippen LogP contribution in [0.1, 0.15) is 36.6 Å². The molecule has 0 unspecified atom stereocenters. The number of nitrogens with zero attached hydrogens (tertiary/aromatic N) is 2. The Morgan fingerprint density at radius 1 is 0.692 bits per heavy atom. The highest BCUT2D eigenvalue weighted by atomic mass is 32.2. The first-order valence-electron chi connectivity index (χ1n) is 16.6.